The number of benzene rings is 4. The standard InChI is InChI=1S/C30H22F3N3O3/c1-34-29(38)19-5-3-16-2-4-18-12-21(10-11-22(18)28(37)23(16)13-19)35-26-15-27(25(33)14-24(26)32)36-30(39)17-6-8-20(31)9-7-17/h3,5-15,35H,2,4H2,1H3,(H,34,38)(H,36,39). The van der Waals surface area contributed by atoms with Crippen molar-refractivity contribution >= 4 is 34.7 Å². The number of halogens is 3. The Balaban J connectivity index is 1.40. The quantitative estimate of drug-likeness (QED) is 0.306. The van der Waals surface area contributed by atoms with Gasteiger partial charge in [0, 0.05) is 41.1 Å². The molecule has 0 aromatic heterocycles. The van der Waals surface area contributed by atoms with Gasteiger partial charge in [0.15, 0.2) is 5.78 Å². The molecular formula is C30H22F3N3O3. The van der Waals surface area contributed by atoms with E-state index in [1.165, 1.54) is 19.2 Å². The molecule has 3 N–H and O–H groups in total. The molecule has 4 aromatic rings. The summed E-state index contributed by atoms with van der Waals surface area (Å²) in [6.07, 6.45) is 1.10. The van der Waals surface area contributed by atoms with E-state index < -0.39 is 23.4 Å². The number of aryl methyl sites for hydroxylation is 2. The van der Waals surface area contributed by atoms with Crippen LogP contribution in [-0.2, 0) is 12.8 Å². The Kier molecular flexibility index (Phi) is 6.89. The molecule has 1 aliphatic carbocycles. The van der Waals surface area contributed by atoms with Gasteiger partial charge in [0.2, 0.25) is 0 Å². The molecule has 0 unspecified atom stereocenters. The van der Waals surface area contributed by atoms with E-state index in [4.69, 9.17) is 0 Å². The van der Waals surface area contributed by atoms with Crippen LogP contribution in [0.15, 0.2) is 72.8 Å². The second kappa shape index (κ2) is 10.4. The van der Waals surface area contributed by atoms with Gasteiger partial charge in [-0.2, -0.15) is 0 Å². The second-order valence-corrected chi connectivity index (χ2v) is 9.05. The Labute approximate surface area is 221 Å². The molecule has 0 radical (unpaired) electrons. The normalized spacial score (nSPS) is 12.2. The molecule has 0 aliphatic heterocycles. The van der Waals surface area contributed by atoms with Crippen LogP contribution in [0.25, 0.3) is 0 Å². The predicted molar refractivity (Wildman–Crippen MR) is 141 cm³/mol. The number of hydrogen-bond acceptors (Lipinski definition) is 4. The summed E-state index contributed by atoms with van der Waals surface area (Å²) >= 11 is 0. The molecule has 0 spiro atoms. The third kappa shape index (κ3) is 5.24. The molecular weight excluding hydrogens is 507 g/mol. The van der Waals surface area contributed by atoms with Crippen molar-refractivity contribution in [3.05, 3.63) is 124 Å². The molecule has 0 bridgehead atoms. The minimum Gasteiger partial charge on any atom is -0.355 e. The first kappa shape index (κ1) is 25.7. The van der Waals surface area contributed by atoms with Crippen LogP contribution in [0.3, 0.4) is 0 Å². The van der Waals surface area contributed by atoms with Crippen LogP contribution in [0.1, 0.15) is 47.8 Å². The SMILES string of the molecule is CNC(=O)c1ccc2c(c1)C(=O)c1ccc(Nc3cc(NC(=O)c4ccc(F)cc4)c(F)cc3F)cc1CC2. The zero-order chi connectivity index (χ0) is 27.7. The Morgan fingerprint density at radius 1 is 0.692 bits per heavy atom. The maximum Gasteiger partial charge on any atom is 0.255 e. The van der Waals surface area contributed by atoms with Gasteiger partial charge in [-0.3, -0.25) is 14.4 Å². The summed E-state index contributed by atoms with van der Waals surface area (Å²) in [6, 6.07) is 16.5. The largest absolute Gasteiger partial charge is 0.355 e. The molecule has 39 heavy (non-hydrogen) atoms. The summed E-state index contributed by atoms with van der Waals surface area (Å²) in [7, 11) is 1.52. The minimum atomic E-state index is -0.977. The number of anilines is 3. The highest BCUT2D eigenvalue weighted by atomic mass is 19.1. The van der Waals surface area contributed by atoms with Crippen LogP contribution < -0.4 is 16.0 Å². The molecule has 0 saturated carbocycles. The van der Waals surface area contributed by atoms with E-state index in [0.717, 1.165) is 29.3 Å². The second-order valence-electron chi connectivity index (χ2n) is 9.05. The number of carbonyl (C=O) groups is 3. The fourth-order valence-corrected chi connectivity index (χ4v) is 4.50. The zero-order valence-corrected chi connectivity index (χ0v) is 20.7. The van der Waals surface area contributed by atoms with E-state index in [2.05, 4.69) is 16.0 Å². The summed E-state index contributed by atoms with van der Waals surface area (Å²) in [4.78, 5) is 37.8. The van der Waals surface area contributed by atoms with Gasteiger partial charge >= 0.3 is 0 Å². The van der Waals surface area contributed by atoms with Crippen molar-refractivity contribution in [2.45, 2.75) is 12.8 Å². The average molecular weight is 530 g/mol. The molecule has 5 rings (SSSR count). The first-order valence-electron chi connectivity index (χ1n) is 12.1. The summed E-state index contributed by atoms with van der Waals surface area (Å²) in [5, 5.41) is 7.82. The fraction of sp³-hybridized carbons (Fsp3) is 0.100. The number of hydrogen-bond donors (Lipinski definition) is 3. The summed E-state index contributed by atoms with van der Waals surface area (Å²) in [5.41, 5.74) is 3.08. The molecule has 4 aromatic carbocycles. The van der Waals surface area contributed by atoms with Gasteiger partial charge in [0.05, 0.1) is 11.4 Å². The van der Waals surface area contributed by atoms with Gasteiger partial charge < -0.3 is 16.0 Å². The lowest BCUT2D eigenvalue weighted by Crippen LogP contribution is -2.18. The van der Waals surface area contributed by atoms with Crippen molar-refractivity contribution in [1.82, 2.24) is 5.32 Å². The summed E-state index contributed by atoms with van der Waals surface area (Å²) in [5.74, 6) is -3.57. The highest BCUT2D eigenvalue weighted by Gasteiger charge is 2.23. The Bertz CT molecular complexity index is 1640. The topological polar surface area (TPSA) is 87.3 Å². The Morgan fingerprint density at radius 2 is 1.38 bits per heavy atom. The van der Waals surface area contributed by atoms with Gasteiger partial charge in [-0.15, -0.1) is 0 Å². The molecule has 1 aliphatic rings. The van der Waals surface area contributed by atoms with Crippen LogP contribution in [0.5, 0.6) is 0 Å². The number of ketones is 1. The lowest BCUT2D eigenvalue weighted by molar-refractivity contribution is 0.0962. The van der Waals surface area contributed by atoms with Crippen molar-refractivity contribution in [2.75, 3.05) is 17.7 Å². The predicted octanol–water partition coefficient (Wildman–Crippen LogP) is 5.79. The van der Waals surface area contributed by atoms with Gasteiger partial charge in [-0.25, -0.2) is 13.2 Å². The van der Waals surface area contributed by atoms with Gasteiger partial charge in [0.1, 0.15) is 17.5 Å². The monoisotopic (exact) mass is 529 g/mol. The first-order valence-corrected chi connectivity index (χ1v) is 12.1. The maximum absolute atomic E-state index is 14.7. The molecule has 9 heteroatoms. The number of fused-ring (bicyclic) bond motifs is 2. The molecule has 196 valence electrons. The molecule has 0 heterocycles. The van der Waals surface area contributed by atoms with Crippen molar-refractivity contribution in [3.8, 4) is 0 Å². The van der Waals surface area contributed by atoms with Crippen LogP contribution in [0.4, 0.5) is 30.2 Å². The van der Waals surface area contributed by atoms with E-state index in [1.807, 2.05) is 0 Å². The van der Waals surface area contributed by atoms with Crippen molar-refractivity contribution in [3.63, 3.8) is 0 Å². The molecule has 0 saturated heterocycles. The first-order chi connectivity index (χ1) is 18.7. The Hall–Kier alpha value is -4.92. The number of rotatable bonds is 5. The smallest absolute Gasteiger partial charge is 0.255 e. The minimum absolute atomic E-state index is 0.0933. The van der Waals surface area contributed by atoms with Gasteiger partial charge in [-0.1, -0.05) is 6.07 Å². The zero-order valence-electron chi connectivity index (χ0n) is 20.7. The Morgan fingerprint density at radius 3 is 2.13 bits per heavy atom. The third-order valence-corrected chi connectivity index (χ3v) is 6.55. The number of carbonyl (C=O) groups excluding carboxylic acids is 3. The molecule has 2 amide bonds. The summed E-state index contributed by atoms with van der Waals surface area (Å²) in [6.45, 7) is 0. The van der Waals surface area contributed by atoms with Crippen molar-refractivity contribution in [2.24, 2.45) is 0 Å². The lowest BCUT2D eigenvalue weighted by atomic mass is 9.96. The molecule has 0 atom stereocenters. The van der Waals surface area contributed by atoms with E-state index in [1.54, 1.807) is 36.4 Å². The van der Waals surface area contributed by atoms with Gasteiger partial charge in [-0.05, 0) is 84.6 Å². The van der Waals surface area contributed by atoms with Crippen molar-refractivity contribution < 1.29 is 27.6 Å². The van der Waals surface area contributed by atoms with Crippen LogP contribution in [-0.4, -0.2) is 24.6 Å². The maximum atomic E-state index is 14.7. The highest BCUT2D eigenvalue weighted by Crippen LogP contribution is 2.31. The number of amides is 2. The van der Waals surface area contributed by atoms with Crippen molar-refractivity contribution in [1.29, 1.82) is 0 Å². The lowest BCUT2D eigenvalue weighted by Gasteiger charge is -2.14. The summed E-state index contributed by atoms with van der Waals surface area (Å²) < 4.78 is 42.3. The molecule has 6 nitrogen and oxygen atoms in total. The van der Waals surface area contributed by atoms with E-state index in [0.29, 0.717) is 41.3 Å². The van der Waals surface area contributed by atoms with E-state index in [-0.39, 0.29) is 28.6 Å². The number of nitrogens with one attached hydrogen (secondary N) is 3. The van der Waals surface area contributed by atoms with Crippen LogP contribution in [0.2, 0.25) is 0 Å². The van der Waals surface area contributed by atoms with E-state index >= 15 is 0 Å². The average Bonchev–Trinajstić information content (AvgIpc) is 3.07. The molecule has 0 fully saturated rings. The highest BCUT2D eigenvalue weighted by molar-refractivity contribution is 6.12. The van der Waals surface area contributed by atoms with Gasteiger partial charge in [0.25, 0.3) is 11.8 Å². The van der Waals surface area contributed by atoms with Crippen LogP contribution in [0, 0.1) is 17.5 Å². The third-order valence-electron chi connectivity index (χ3n) is 6.55. The van der Waals surface area contributed by atoms with E-state index in [9.17, 15) is 27.6 Å². The van der Waals surface area contributed by atoms with Crippen LogP contribution >= 0.6 is 0 Å². The fourth-order valence-electron chi connectivity index (χ4n) is 4.50.